The molecule has 0 aliphatic rings. The van der Waals surface area contributed by atoms with Crippen molar-refractivity contribution in [2.24, 2.45) is 0 Å². The minimum absolute atomic E-state index is 0. The molecular weight excluding hydrogens is 160 g/mol. The summed E-state index contributed by atoms with van der Waals surface area (Å²) < 4.78 is 0. The maximum absolute atomic E-state index is 4.16. The van der Waals surface area contributed by atoms with Crippen molar-refractivity contribution >= 4 is 0 Å². The summed E-state index contributed by atoms with van der Waals surface area (Å²) >= 11 is 0. The molecular formula is C11H26N2. The first-order chi connectivity index (χ1) is 6.11. The van der Waals surface area contributed by atoms with Gasteiger partial charge in [-0.1, -0.05) is 34.1 Å². The fraction of sp³-hybridized carbons (Fsp3) is 0.727. The molecule has 2 heteroatoms. The summed E-state index contributed by atoms with van der Waals surface area (Å²) in [6.45, 7) is 14.2. The van der Waals surface area contributed by atoms with Crippen LogP contribution in [0.3, 0.4) is 0 Å². The maximum atomic E-state index is 4.16. The SMILES string of the molecule is CC.CCC.Cc1nc(C)c(C)[nH]1.[HH]. The summed E-state index contributed by atoms with van der Waals surface area (Å²) in [6, 6.07) is 0. The Kier molecular flexibility index (Phi) is 10.5. The number of hydrogen-bond donors (Lipinski definition) is 1. The Morgan fingerprint density at radius 2 is 1.54 bits per heavy atom. The maximum Gasteiger partial charge on any atom is 0.103 e. The molecule has 1 aromatic rings. The van der Waals surface area contributed by atoms with Crippen molar-refractivity contribution in [3.05, 3.63) is 17.2 Å². The molecule has 0 atom stereocenters. The van der Waals surface area contributed by atoms with E-state index >= 15 is 0 Å². The van der Waals surface area contributed by atoms with E-state index < -0.39 is 0 Å². The standard InChI is InChI=1S/C6H10N2.C3H8.C2H6.H2/c1-4-5(2)8-6(3)7-4;1-3-2;1-2;/h1-3H3,(H,7,8);3H2,1-2H3;1-2H3;1H. The minimum Gasteiger partial charge on any atom is -0.346 e. The minimum atomic E-state index is 0. The number of hydrogen-bond acceptors (Lipinski definition) is 1. The molecule has 13 heavy (non-hydrogen) atoms. The Morgan fingerprint density at radius 3 is 1.62 bits per heavy atom. The number of rotatable bonds is 0. The molecule has 0 unspecified atom stereocenters. The Hall–Kier alpha value is -0.790. The first-order valence-corrected chi connectivity index (χ1v) is 5.11. The van der Waals surface area contributed by atoms with Gasteiger partial charge in [0.2, 0.25) is 0 Å². The number of aromatic amines is 1. The molecule has 1 aromatic heterocycles. The van der Waals surface area contributed by atoms with E-state index in [-0.39, 0.29) is 1.43 Å². The van der Waals surface area contributed by atoms with Gasteiger partial charge in [0.15, 0.2) is 0 Å². The van der Waals surface area contributed by atoms with E-state index in [4.69, 9.17) is 0 Å². The number of nitrogens with zero attached hydrogens (tertiary/aromatic N) is 1. The first kappa shape index (κ1) is 14.7. The third kappa shape index (κ3) is 7.57. The van der Waals surface area contributed by atoms with Crippen LogP contribution >= 0.6 is 0 Å². The number of aryl methyl sites for hydroxylation is 3. The third-order valence-electron chi connectivity index (χ3n) is 1.25. The Morgan fingerprint density at radius 1 is 1.15 bits per heavy atom. The quantitative estimate of drug-likeness (QED) is 0.651. The van der Waals surface area contributed by atoms with Crippen molar-refractivity contribution < 1.29 is 1.43 Å². The Balaban J connectivity index is -0.000000176. The van der Waals surface area contributed by atoms with E-state index in [1.165, 1.54) is 12.1 Å². The predicted molar refractivity (Wildman–Crippen MR) is 62.2 cm³/mol. The van der Waals surface area contributed by atoms with Gasteiger partial charge in [-0.25, -0.2) is 4.98 Å². The third-order valence-corrected chi connectivity index (χ3v) is 1.25. The summed E-state index contributed by atoms with van der Waals surface area (Å²) in [6.07, 6.45) is 1.25. The van der Waals surface area contributed by atoms with Crippen LogP contribution in [0, 0.1) is 20.8 Å². The Labute approximate surface area is 84.3 Å². The lowest BCUT2D eigenvalue weighted by Gasteiger charge is -1.79. The van der Waals surface area contributed by atoms with E-state index in [0.29, 0.717) is 0 Å². The molecule has 0 bridgehead atoms. The van der Waals surface area contributed by atoms with E-state index in [0.717, 1.165) is 11.5 Å². The van der Waals surface area contributed by atoms with Crippen molar-refractivity contribution in [3.8, 4) is 0 Å². The normalized spacial score (nSPS) is 7.92. The second kappa shape index (κ2) is 9.30. The molecule has 2 nitrogen and oxygen atoms in total. The van der Waals surface area contributed by atoms with Crippen LogP contribution in [0.4, 0.5) is 0 Å². The fourth-order valence-electron chi connectivity index (χ4n) is 0.725. The summed E-state index contributed by atoms with van der Waals surface area (Å²) in [5.41, 5.74) is 2.27. The van der Waals surface area contributed by atoms with Crippen molar-refractivity contribution in [1.29, 1.82) is 0 Å². The number of imidazole rings is 1. The van der Waals surface area contributed by atoms with Crippen molar-refractivity contribution in [3.63, 3.8) is 0 Å². The molecule has 0 radical (unpaired) electrons. The molecule has 1 rings (SSSR count). The number of nitrogens with one attached hydrogen (secondary N) is 1. The van der Waals surface area contributed by atoms with E-state index in [2.05, 4.69) is 23.8 Å². The summed E-state index contributed by atoms with van der Waals surface area (Å²) in [5.74, 6) is 1.00. The highest BCUT2D eigenvalue weighted by Crippen LogP contribution is 1.99. The van der Waals surface area contributed by atoms with Crippen molar-refractivity contribution in [2.45, 2.75) is 54.9 Å². The van der Waals surface area contributed by atoms with Gasteiger partial charge in [0.1, 0.15) is 5.82 Å². The molecule has 0 aliphatic carbocycles. The second-order valence-electron chi connectivity index (χ2n) is 2.74. The van der Waals surface area contributed by atoms with Gasteiger partial charge >= 0.3 is 0 Å². The van der Waals surface area contributed by atoms with Crippen molar-refractivity contribution in [2.75, 3.05) is 0 Å². The zero-order valence-electron chi connectivity index (χ0n) is 10.2. The van der Waals surface area contributed by atoms with Gasteiger partial charge in [-0.15, -0.1) is 0 Å². The molecule has 0 saturated carbocycles. The lowest BCUT2D eigenvalue weighted by molar-refractivity contribution is 1.09. The zero-order valence-corrected chi connectivity index (χ0v) is 10.2. The van der Waals surface area contributed by atoms with Gasteiger partial charge in [-0.05, 0) is 20.8 Å². The van der Waals surface area contributed by atoms with Gasteiger partial charge in [0.05, 0.1) is 5.69 Å². The van der Waals surface area contributed by atoms with Gasteiger partial charge in [0, 0.05) is 7.12 Å². The zero-order chi connectivity index (χ0) is 10.9. The van der Waals surface area contributed by atoms with Crippen LogP contribution in [0.5, 0.6) is 0 Å². The van der Waals surface area contributed by atoms with Crippen LogP contribution < -0.4 is 0 Å². The van der Waals surface area contributed by atoms with Crippen LogP contribution in [0.25, 0.3) is 0 Å². The van der Waals surface area contributed by atoms with Gasteiger partial charge in [-0.3, -0.25) is 0 Å². The highest BCUT2D eigenvalue weighted by molar-refractivity contribution is 5.09. The number of H-pyrrole nitrogens is 1. The van der Waals surface area contributed by atoms with E-state index in [9.17, 15) is 0 Å². The first-order valence-electron chi connectivity index (χ1n) is 5.11. The molecule has 0 aliphatic heterocycles. The fourth-order valence-corrected chi connectivity index (χ4v) is 0.725. The molecule has 0 fully saturated rings. The molecule has 0 spiro atoms. The largest absolute Gasteiger partial charge is 0.346 e. The second-order valence-corrected chi connectivity index (χ2v) is 2.74. The summed E-state index contributed by atoms with van der Waals surface area (Å²) in [4.78, 5) is 7.25. The van der Waals surface area contributed by atoms with Crippen LogP contribution in [0.1, 0.15) is 52.8 Å². The average Bonchev–Trinajstić information content (AvgIpc) is 2.35. The lowest BCUT2D eigenvalue weighted by atomic mass is 10.4. The molecule has 0 aromatic carbocycles. The molecule has 80 valence electrons. The average molecular weight is 186 g/mol. The molecule has 1 heterocycles. The molecule has 1 N–H and O–H groups in total. The van der Waals surface area contributed by atoms with Crippen molar-refractivity contribution in [1.82, 2.24) is 9.97 Å². The smallest absolute Gasteiger partial charge is 0.103 e. The van der Waals surface area contributed by atoms with Gasteiger partial charge < -0.3 is 4.98 Å². The molecule has 0 amide bonds. The predicted octanol–water partition coefficient (Wildman–Crippen LogP) is 4.02. The van der Waals surface area contributed by atoms with E-state index in [1.54, 1.807) is 0 Å². The lowest BCUT2D eigenvalue weighted by Crippen LogP contribution is -1.71. The van der Waals surface area contributed by atoms with Crippen LogP contribution in [-0.4, -0.2) is 9.97 Å². The highest BCUT2D eigenvalue weighted by atomic mass is 14.9. The monoisotopic (exact) mass is 186 g/mol. The van der Waals surface area contributed by atoms with Gasteiger partial charge in [-0.2, -0.15) is 0 Å². The summed E-state index contributed by atoms with van der Waals surface area (Å²) in [7, 11) is 0. The summed E-state index contributed by atoms with van der Waals surface area (Å²) in [5, 5.41) is 0. The Bertz CT molecular complexity index is 188. The molecule has 0 saturated heterocycles. The topological polar surface area (TPSA) is 28.7 Å². The van der Waals surface area contributed by atoms with Gasteiger partial charge in [0.25, 0.3) is 0 Å². The van der Waals surface area contributed by atoms with Crippen LogP contribution in [-0.2, 0) is 0 Å². The van der Waals surface area contributed by atoms with E-state index in [1.807, 2.05) is 34.6 Å². The van der Waals surface area contributed by atoms with Crippen LogP contribution in [0.2, 0.25) is 0 Å². The highest BCUT2D eigenvalue weighted by Gasteiger charge is 1.93. The van der Waals surface area contributed by atoms with Crippen LogP contribution in [0.15, 0.2) is 0 Å². The number of aromatic nitrogens is 2.